The third kappa shape index (κ3) is 3.41. The monoisotopic (exact) mass is 436 g/mol. The lowest BCUT2D eigenvalue weighted by molar-refractivity contribution is -0.255. The molecule has 2 heterocycles. The Morgan fingerprint density at radius 3 is 2.10 bits per heavy atom. The molecule has 2 aromatic heterocycles. The van der Waals surface area contributed by atoms with Crippen LogP contribution in [-0.2, 0) is 0 Å². The fourth-order valence-electron chi connectivity index (χ4n) is 2.97. The summed E-state index contributed by atoms with van der Waals surface area (Å²) in [7, 11) is 0. The van der Waals surface area contributed by atoms with Crippen molar-refractivity contribution in [1.29, 1.82) is 0 Å². The number of rotatable bonds is 4. The Hall–Kier alpha value is -3.76. The minimum absolute atomic E-state index is 0.0115. The van der Waals surface area contributed by atoms with Gasteiger partial charge in [0.1, 0.15) is 11.5 Å². The summed E-state index contributed by atoms with van der Waals surface area (Å²) < 4.78 is 80.3. The number of alkyl halides is 5. The number of carbonyl (C=O) groups excluding carboxylic acids is 1. The highest BCUT2D eigenvalue weighted by Gasteiger charge is 2.64. The molecule has 4 rings (SSSR count). The van der Waals surface area contributed by atoms with Crippen LogP contribution in [0.4, 0.5) is 26.3 Å². The van der Waals surface area contributed by atoms with Gasteiger partial charge in [0.15, 0.2) is 11.3 Å². The average molecular weight is 436 g/mol. The first-order valence-electron chi connectivity index (χ1n) is 8.66. The van der Waals surface area contributed by atoms with Crippen molar-refractivity contribution in [2.45, 2.75) is 12.1 Å². The molecule has 0 N–H and O–H groups in total. The van der Waals surface area contributed by atoms with E-state index < -0.39 is 35.1 Å². The third-order valence-corrected chi connectivity index (χ3v) is 4.48. The van der Waals surface area contributed by atoms with Gasteiger partial charge in [-0.25, -0.2) is 8.91 Å². The van der Waals surface area contributed by atoms with Gasteiger partial charge < -0.3 is 0 Å². The molecular formula is C20H10F6N4O. The zero-order valence-electron chi connectivity index (χ0n) is 15.2. The van der Waals surface area contributed by atoms with Gasteiger partial charge >= 0.3 is 12.1 Å². The number of aromatic nitrogens is 4. The Balaban J connectivity index is 2.00. The normalized spacial score (nSPS) is 12.3. The highest BCUT2D eigenvalue weighted by Crippen LogP contribution is 2.39. The Bertz CT molecular complexity index is 1270. The number of ketones is 1. The van der Waals surface area contributed by atoms with Crippen LogP contribution >= 0.6 is 0 Å². The summed E-state index contributed by atoms with van der Waals surface area (Å²) in [4.78, 5) is 12.2. The van der Waals surface area contributed by atoms with E-state index in [0.29, 0.717) is 11.1 Å². The maximum atomic E-state index is 13.8. The lowest BCUT2D eigenvalue weighted by Gasteiger charge is -2.19. The van der Waals surface area contributed by atoms with Crippen LogP contribution in [0.15, 0.2) is 60.8 Å². The zero-order chi connectivity index (χ0) is 22.4. The number of hydrogen-bond donors (Lipinski definition) is 0. The Morgan fingerprint density at radius 1 is 0.839 bits per heavy atom. The molecule has 31 heavy (non-hydrogen) atoms. The van der Waals surface area contributed by atoms with Crippen LogP contribution in [0, 0.1) is 5.82 Å². The molecule has 0 saturated heterocycles. The molecule has 11 heteroatoms. The number of carbonyl (C=O) groups is 1. The van der Waals surface area contributed by atoms with Crippen LogP contribution in [-0.4, -0.2) is 37.7 Å². The molecule has 158 valence electrons. The van der Waals surface area contributed by atoms with Crippen molar-refractivity contribution in [1.82, 2.24) is 19.8 Å². The topological polar surface area (TPSA) is 60.2 Å². The first kappa shape index (κ1) is 20.5. The van der Waals surface area contributed by atoms with Crippen LogP contribution in [0.25, 0.3) is 28.0 Å². The van der Waals surface area contributed by atoms with E-state index in [2.05, 4.69) is 15.3 Å². The Labute approximate surface area is 170 Å². The van der Waals surface area contributed by atoms with Crippen molar-refractivity contribution in [2.75, 3.05) is 0 Å². The van der Waals surface area contributed by atoms with Crippen molar-refractivity contribution in [3.63, 3.8) is 0 Å². The quantitative estimate of drug-likeness (QED) is 0.335. The predicted molar refractivity (Wildman–Crippen MR) is 96.9 cm³/mol. The van der Waals surface area contributed by atoms with Crippen molar-refractivity contribution >= 4 is 11.4 Å². The van der Waals surface area contributed by atoms with E-state index in [1.54, 1.807) is 30.3 Å². The molecule has 0 spiro atoms. The Morgan fingerprint density at radius 2 is 1.48 bits per heavy atom. The molecule has 5 nitrogen and oxygen atoms in total. The summed E-state index contributed by atoms with van der Waals surface area (Å²) in [5.41, 5.74) is -0.734. The van der Waals surface area contributed by atoms with E-state index in [1.807, 2.05) is 0 Å². The van der Waals surface area contributed by atoms with Gasteiger partial charge in [-0.3, -0.25) is 4.79 Å². The number of nitrogens with zero attached hydrogens (tertiary/aromatic N) is 4. The lowest BCUT2D eigenvalue weighted by atomic mass is 10.0. The zero-order valence-corrected chi connectivity index (χ0v) is 15.2. The minimum atomic E-state index is -6.14. The third-order valence-electron chi connectivity index (χ3n) is 4.48. The minimum Gasteiger partial charge on any atom is -0.285 e. The summed E-state index contributed by atoms with van der Waals surface area (Å²) >= 11 is 0. The molecule has 0 unspecified atom stereocenters. The molecule has 0 aliphatic heterocycles. The largest absolute Gasteiger partial charge is 0.461 e. The van der Waals surface area contributed by atoms with Gasteiger partial charge in [-0.15, -0.1) is 10.2 Å². The fraction of sp³-hybridized carbons (Fsp3) is 0.100. The number of hydrogen-bond acceptors (Lipinski definition) is 4. The summed E-state index contributed by atoms with van der Waals surface area (Å²) in [6, 6.07) is 12.7. The summed E-state index contributed by atoms with van der Waals surface area (Å²) in [5, 5.41) is 11.1. The maximum absolute atomic E-state index is 13.8. The van der Waals surface area contributed by atoms with E-state index in [1.165, 1.54) is 6.20 Å². The van der Waals surface area contributed by atoms with Crippen LogP contribution in [0.5, 0.6) is 0 Å². The number of benzene rings is 2. The molecule has 0 aliphatic carbocycles. The maximum Gasteiger partial charge on any atom is 0.461 e. The van der Waals surface area contributed by atoms with Gasteiger partial charge in [-0.05, 0) is 29.8 Å². The molecule has 2 aromatic carbocycles. The summed E-state index contributed by atoms with van der Waals surface area (Å²) in [5.74, 6) is -8.98. The number of fused-ring (bicyclic) bond motifs is 1. The molecule has 4 aromatic rings. The first-order valence-corrected chi connectivity index (χ1v) is 8.66. The van der Waals surface area contributed by atoms with Crippen LogP contribution in [0.1, 0.15) is 10.5 Å². The van der Waals surface area contributed by atoms with Crippen LogP contribution < -0.4 is 0 Å². The first-order chi connectivity index (χ1) is 14.6. The van der Waals surface area contributed by atoms with E-state index in [0.717, 1.165) is 28.8 Å². The molecule has 0 radical (unpaired) electrons. The summed E-state index contributed by atoms with van der Waals surface area (Å²) in [6.07, 6.45) is -4.83. The van der Waals surface area contributed by atoms with Crippen molar-refractivity contribution in [2.24, 2.45) is 0 Å². The molecule has 0 atom stereocenters. The van der Waals surface area contributed by atoms with Crippen LogP contribution in [0.2, 0.25) is 0 Å². The molecule has 0 fully saturated rings. The van der Waals surface area contributed by atoms with Gasteiger partial charge in [0.25, 0.3) is 5.78 Å². The molecular weight excluding hydrogens is 426 g/mol. The van der Waals surface area contributed by atoms with Gasteiger partial charge in [0.2, 0.25) is 0 Å². The summed E-state index contributed by atoms with van der Waals surface area (Å²) in [6.45, 7) is 0. The van der Waals surface area contributed by atoms with Crippen molar-refractivity contribution in [3.05, 3.63) is 72.3 Å². The van der Waals surface area contributed by atoms with Crippen molar-refractivity contribution in [3.8, 4) is 22.4 Å². The molecule has 0 bridgehead atoms. The second-order valence-electron chi connectivity index (χ2n) is 6.47. The smallest absolute Gasteiger partial charge is 0.285 e. The Kier molecular flexibility index (Phi) is 4.75. The standard InChI is InChI=1S/C20H10F6N4O/c21-13-8-6-12(7-9-13)16-15(17(31)19(22,23)20(24,25)26)28-29-18-14(10-27-30(16)18)11-4-2-1-3-5-11/h1-10H. The van der Waals surface area contributed by atoms with E-state index >= 15 is 0 Å². The molecule has 0 saturated carbocycles. The number of Topliss-reactive ketones (excluding diaryl/α,β-unsaturated/α-hetero) is 1. The van der Waals surface area contributed by atoms with E-state index in [-0.39, 0.29) is 11.2 Å². The average Bonchev–Trinajstić information content (AvgIpc) is 3.17. The lowest BCUT2D eigenvalue weighted by Crippen LogP contribution is -2.44. The second kappa shape index (κ2) is 7.18. The predicted octanol–water partition coefficient (Wildman–Crippen LogP) is 4.98. The number of halogens is 6. The van der Waals surface area contributed by atoms with E-state index in [9.17, 15) is 31.1 Å². The van der Waals surface area contributed by atoms with Gasteiger partial charge in [0, 0.05) is 11.1 Å². The SMILES string of the molecule is O=C(c1nnc2c(-c3ccccc3)cnn2c1-c1ccc(F)cc1)C(F)(F)C(F)(F)F. The van der Waals surface area contributed by atoms with E-state index in [4.69, 9.17) is 0 Å². The van der Waals surface area contributed by atoms with Gasteiger partial charge in [-0.1, -0.05) is 30.3 Å². The van der Waals surface area contributed by atoms with Gasteiger partial charge in [-0.2, -0.15) is 27.1 Å². The van der Waals surface area contributed by atoms with Gasteiger partial charge in [0.05, 0.1) is 6.20 Å². The second-order valence-corrected chi connectivity index (χ2v) is 6.47. The molecule has 0 amide bonds. The highest BCUT2D eigenvalue weighted by molar-refractivity contribution is 6.05. The molecule has 0 aliphatic rings. The van der Waals surface area contributed by atoms with Crippen LogP contribution in [0.3, 0.4) is 0 Å². The fourth-order valence-corrected chi connectivity index (χ4v) is 2.97. The highest BCUT2D eigenvalue weighted by atomic mass is 19.4. The van der Waals surface area contributed by atoms with Crippen molar-refractivity contribution < 1.29 is 31.1 Å².